The monoisotopic (exact) mass is 359 g/mol. The highest BCUT2D eigenvalue weighted by molar-refractivity contribution is 6.34. The normalized spacial score (nSPS) is 11.5. The number of hydrogen-bond donors (Lipinski definition) is 0. The van der Waals surface area contributed by atoms with E-state index in [1.165, 1.54) is 0 Å². The summed E-state index contributed by atoms with van der Waals surface area (Å²) in [4.78, 5) is 16.0. The number of halogens is 1. The second-order valence-corrected chi connectivity index (χ2v) is 6.90. The van der Waals surface area contributed by atoms with Gasteiger partial charge in [0.15, 0.2) is 0 Å². The molecule has 0 spiro atoms. The number of carbonyl (C=O) groups excluding carboxylic acids is 1. The second-order valence-electron chi connectivity index (χ2n) is 6.55. The number of nitrogens with zero attached hydrogens (tertiary/aromatic N) is 3. The first-order valence-electron chi connectivity index (χ1n) is 7.76. The van der Waals surface area contributed by atoms with Crippen LogP contribution in [0.5, 0.6) is 5.75 Å². The first-order valence-corrected chi connectivity index (χ1v) is 8.13. The summed E-state index contributed by atoms with van der Waals surface area (Å²) < 4.78 is 12.2. The number of hydrogen-bond acceptors (Lipinski definition) is 5. The molecule has 2 heterocycles. The van der Waals surface area contributed by atoms with E-state index in [1.807, 2.05) is 24.3 Å². The number of fused-ring (bicyclic) bond motifs is 1. The third-order valence-corrected chi connectivity index (χ3v) is 3.61. The summed E-state index contributed by atoms with van der Waals surface area (Å²) in [5, 5.41) is 6.29. The Morgan fingerprint density at radius 3 is 2.84 bits per heavy atom. The summed E-state index contributed by atoms with van der Waals surface area (Å²) in [6, 6.07) is 7.45. The zero-order valence-electron chi connectivity index (χ0n) is 14.2. The lowest BCUT2D eigenvalue weighted by Crippen LogP contribution is -2.27. The van der Waals surface area contributed by atoms with Crippen LogP contribution in [0.15, 0.2) is 42.9 Å². The lowest BCUT2D eigenvalue weighted by atomic mass is 10.2. The van der Waals surface area contributed by atoms with E-state index in [4.69, 9.17) is 21.1 Å². The Bertz CT molecular complexity index is 915. The Hall–Kier alpha value is -2.60. The van der Waals surface area contributed by atoms with Crippen LogP contribution in [-0.2, 0) is 11.3 Å². The van der Waals surface area contributed by atoms with Gasteiger partial charge in [0, 0.05) is 23.3 Å². The lowest BCUT2D eigenvalue weighted by molar-refractivity contribution is 0.0514. The molecule has 6 nitrogen and oxygen atoms in total. The third-order valence-electron chi connectivity index (χ3n) is 3.31. The summed E-state index contributed by atoms with van der Waals surface area (Å²) in [5.41, 5.74) is 0.194. The summed E-state index contributed by atoms with van der Waals surface area (Å²) in [5.74, 6) is 0.694. The minimum Gasteiger partial charge on any atom is -0.489 e. The zero-order chi connectivity index (χ0) is 18.0. The average molecular weight is 360 g/mol. The molecule has 0 aliphatic rings. The molecule has 0 amide bonds. The molecule has 25 heavy (non-hydrogen) atoms. The number of pyridine rings is 1. The first kappa shape index (κ1) is 17.2. The fraction of sp³-hybridized carbons (Fsp3) is 0.278. The van der Waals surface area contributed by atoms with E-state index < -0.39 is 11.7 Å². The maximum atomic E-state index is 11.9. The van der Waals surface area contributed by atoms with Crippen LogP contribution in [0.1, 0.15) is 26.3 Å². The van der Waals surface area contributed by atoms with E-state index in [2.05, 4.69) is 10.1 Å². The van der Waals surface area contributed by atoms with Crippen LogP contribution < -0.4 is 4.74 Å². The van der Waals surface area contributed by atoms with Crippen molar-refractivity contribution in [2.45, 2.75) is 33.0 Å². The molecule has 130 valence electrons. The maximum Gasteiger partial charge on any atom is 0.435 e. The van der Waals surface area contributed by atoms with Crippen molar-refractivity contribution >= 4 is 28.5 Å². The predicted molar refractivity (Wildman–Crippen MR) is 94.9 cm³/mol. The summed E-state index contributed by atoms with van der Waals surface area (Å²) in [7, 11) is 0. The van der Waals surface area contributed by atoms with E-state index in [0.29, 0.717) is 10.9 Å². The van der Waals surface area contributed by atoms with Gasteiger partial charge in [0.1, 0.15) is 23.1 Å². The molecule has 7 heteroatoms. The number of aromatic nitrogens is 3. The standard InChI is InChI=1S/C18H18ClN3O3/c1-18(2,3)25-17(23)22-10-12(9-21-22)11-24-14-4-5-15-13(8-14)6-7-20-16(15)19/h4-10H,11H2,1-3H3. The number of ether oxygens (including phenoxy) is 2. The molecule has 0 atom stereocenters. The molecule has 0 saturated carbocycles. The van der Waals surface area contributed by atoms with E-state index in [9.17, 15) is 4.79 Å². The quantitative estimate of drug-likeness (QED) is 0.646. The summed E-state index contributed by atoms with van der Waals surface area (Å²) in [6.07, 6.45) is 4.30. The Kier molecular flexibility index (Phi) is 4.63. The van der Waals surface area contributed by atoms with Gasteiger partial charge in [0.2, 0.25) is 0 Å². The number of benzene rings is 1. The molecule has 0 aliphatic carbocycles. The van der Waals surface area contributed by atoms with Gasteiger partial charge in [0.25, 0.3) is 0 Å². The Morgan fingerprint density at radius 1 is 1.28 bits per heavy atom. The average Bonchev–Trinajstić information content (AvgIpc) is 3.00. The molecular weight excluding hydrogens is 342 g/mol. The summed E-state index contributed by atoms with van der Waals surface area (Å²) >= 11 is 6.05. The van der Waals surface area contributed by atoms with Crippen LogP contribution in [0.3, 0.4) is 0 Å². The van der Waals surface area contributed by atoms with E-state index in [-0.39, 0.29) is 6.61 Å². The second kappa shape index (κ2) is 6.72. The van der Waals surface area contributed by atoms with Gasteiger partial charge < -0.3 is 9.47 Å². The highest BCUT2D eigenvalue weighted by Crippen LogP contribution is 2.25. The third kappa shape index (κ3) is 4.28. The van der Waals surface area contributed by atoms with Gasteiger partial charge in [0.05, 0.1) is 6.20 Å². The molecule has 0 bridgehead atoms. The lowest BCUT2D eigenvalue weighted by Gasteiger charge is -2.18. The van der Waals surface area contributed by atoms with Gasteiger partial charge in [-0.15, -0.1) is 0 Å². The molecule has 2 aromatic heterocycles. The molecule has 3 aromatic rings. The van der Waals surface area contributed by atoms with E-state index in [1.54, 1.807) is 39.4 Å². The van der Waals surface area contributed by atoms with Crippen LogP contribution in [0.2, 0.25) is 5.15 Å². The molecule has 1 aromatic carbocycles. The van der Waals surface area contributed by atoms with Crippen LogP contribution in [-0.4, -0.2) is 26.5 Å². The van der Waals surface area contributed by atoms with Crippen molar-refractivity contribution < 1.29 is 14.3 Å². The molecule has 0 N–H and O–H groups in total. The number of carbonyl (C=O) groups is 1. The van der Waals surface area contributed by atoms with Gasteiger partial charge >= 0.3 is 6.09 Å². The van der Waals surface area contributed by atoms with Crippen molar-refractivity contribution in [3.8, 4) is 5.75 Å². The Balaban J connectivity index is 1.67. The first-order chi connectivity index (χ1) is 11.8. The molecular formula is C18H18ClN3O3. The largest absolute Gasteiger partial charge is 0.489 e. The van der Waals surface area contributed by atoms with Gasteiger partial charge in [-0.05, 0) is 50.4 Å². The molecule has 0 aliphatic heterocycles. The van der Waals surface area contributed by atoms with Crippen molar-refractivity contribution in [3.05, 3.63) is 53.6 Å². The van der Waals surface area contributed by atoms with Gasteiger partial charge in [-0.3, -0.25) is 0 Å². The Labute approximate surface area is 150 Å². The molecule has 0 saturated heterocycles. The molecule has 0 radical (unpaired) electrons. The molecule has 0 fully saturated rings. The number of rotatable bonds is 3. The van der Waals surface area contributed by atoms with Crippen molar-refractivity contribution in [1.82, 2.24) is 14.8 Å². The fourth-order valence-corrected chi connectivity index (χ4v) is 2.45. The topological polar surface area (TPSA) is 66.2 Å². The Morgan fingerprint density at radius 2 is 2.08 bits per heavy atom. The van der Waals surface area contributed by atoms with Crippen LogP contribution in [0.25, 0.3) is 10.8 Å². The SMILES string of the molecule is CC(C)(C)OC(=O)n1cc(COc2ccc3c(Cl)nccc3c2)cn1. The van der Waals surface area contributed by atoms with Crippen LogP contribution >= 0.6 is 11.6 Å². The minimum absolute atomic E-state index is 0.285. The minimum atomic E-state index is -0.569. The van der Waals surface area contributed by atoms with Crippen LogP contribution in [0.4, 0.5) is 4.79 Å². The smallest absolute Gasteiger partial charge is 0.435 e. The predicted octanol–water partition coefficient (Wildman–Crippen LogP) is 4.45. The van der Waals surface area contributed by atoms with Gasteiger partial charge in [-0.2, -0.15) is 9.78 Å². The van der Waals surface area contributed by atoms with Crippen molar-refractivity contribution in [2.75, 3.05) is 0 Å². The summed E-state index contributed by atoms with van der Waals surface area (Å²) in [6.45, 7) is 5.70. The van der Waals surface area contributed by atoms with Crippen LogP contribution in [0, 0.1) is 0 Å². The maximum absolute atomic E-state index is 11.9. The molecule has 0 unspecified atom stereocenters. The van der Waals surface area contributed by atoms with E-state index in [0.717, 1.165) is 21.0 Å². The fourth-order valence-electron chi connectivity index (χ4n) is 2.22. The zero-order valence-corrected chi connectivity index (χ0v) is 14.9. The highest BCUT2D eigenvalue weighted by Gasteiger charge is 2.18. The van der Waals surface area contributed by atoms with Gasteiger partial charge in [-0.25, -0.2) is 9.78 Å². The van der Waals surface area contributed by atoms with Gasteiger partial charge in [-0.1, -0.05) is 11.6 Å². The van der Waals surface area contributed by atoms with Crippen molar-refractivity contribution in [1.29, 1.82) is 0 Å². The highest BCUT2D eigenvalue weighted by atomic mass is 35.5. The molecule has 3 rings (SSSR count). The van der Waals surface area contributed by atoms with Crippen molar-refractivity contribution in [3.63, 3.8) is 0 Å². The van der Waals surface area contributed by atoms with Crippen molar-refractivity contribution in [2.24, 2.45) is 0 Å². The van der Waals surface area contributed by atoms with E-state index >= 15 is 0 Å².